The molecule has 3 heteroatoms. The number of aromatic nitrogens is 1. The molecule has 2 aromatic heterocycles. The number of furan rings is 1. The van der Waals surface area contributed by atoms with Crippen molar-refractivity contribution in [3.63, 3.8) is 0 Å². The van der Waals surface area contributed by atoms with Crippen LogP contribution in [0, 0.1) is 0 Å². The molecule has 12 aromatic rings. The van der Waals surface area contributed by atoms with Crippen LogP contribution in [0.4, 0.5) is 17.1 Å². The molecular formula is C56H36N2O. The Morgan fingerprint density at radius 3 is 1.68 bits per heavy atom. The van der Waals surface area contributed by atoms with Crippen molar-refractivity contribution in [2.45, 2.75) is 0 Å². The Kier molecular flexibility index (Phi) is 7.54. The van der Waals surface area contributed by atoms with Gasteiger partial charge in [-0.15, -0.1) is 0 Å². The molecule has 0 amide bonds. The molecule has 59 heavy (non-hydrogen) atoms. The van der Waals surface area contributed by atoms with Gasteiger partial charge in [0.15, 0.2) is 5.58 Å². The van der Waals surface area contributed by atoms with E-state index < -0.39 is 0 Å². The van der Waals surface area contributed by atoms with E-state index in [1.807, 2.05) is 0 Å². The molecule has 0 N–H and O–H groups in total. The Morgan fingerprint density at radius 1 is 0.356 bits per heavy atom. The van der Waals surface area contributed by atoms with E-state index in [0.29, 0.717) is 0 Å². The minimum atomic E-state index is 0.862. The summed E-state index contributed by atoms with van der Waals surface area (Å²) in [7, 11) is 0. The third-order valence-corrected chi connectivity index (χ3v) is 11.9. The number of nitrogens with zero attached hydrogens (tertiary/aromatic N) is 2. The molecule has 0 aliphatic rings. The van der Waals surface area contributed by atoms with Crippen molar-refractivity contribution >= 4 is 82.4 Å². The summed E-state index contributed by atoms with van der Waals surface area (Å²) in [5.74, 6) is 0. The molecule has 0 aliphatic heterocycles. The molecule has 0 unspecified atom stereocenters. The molecule has 0 spiro atoms. The van der Waals surface area contributed by atoms with Gasteiger partial charge >= 0.3 is 0 Å². The predicted molar refractivity (Wildman–Crippen MR) is 249 cm³/mol. The van der Waals surface area contributed by atoms with E-state index in [1.54, 1.807) is 0 Å². The van der Waals surface area contributed by atoms with Gasteiger partial charge in [-0.2, -0.15) is 0 Å². The summed E-state index contributed by atoms with van der Waals surface area (Å²) in [5.41, 5.74) is 13.1. The van der Waals surface area contributed by atoms with Gasteiger partial charge in [-0.3, -0.25) is 0 Å². The lowest BCUT2D eigenvalue weighted by Crippen LogP contribution is -2.10. The summed E-state index contributed by atoms with van der Waals surface area (Å²) < 4.78 is 9.31. The minimum absolute atomic E-state index is 0.862. The smallest absolute Gasteiger partial charge is 0.159 e. The summed E-state index contributed by atoms with van der Waals surface area (Å²) in [5, 5.41) is 9.43. The molecule has 0 fully saturated rings. The first kappa shape index (κ1) is 33.3. The number of para-hydroxylation sites is 2. The second-order valence-corrected chi connectivity index (χ2v) is 15.3. The number of hydrogen-bond acceptors (Lipinski definition) is 2. The highest BCUT2D eigenvalue weighted by Gasteiger charge is 2.24. The fourth-order valence-corrected chi connectivity index (χ4v) is 9.20. The zero-order chi connectivity index (χ0) is 38.9. The van der Waals surface area contributed by atoms with Crippen LogP contribution in [-0.2, 0) is 0 Å². The van der Waals surface area contributed by atoms with E-state index in [9.17, 15) is 0 Å². The second kappa shape index (κ2) is 13.4. The first-order chi connectivity index (χ1) is 29.3. The Hall–Kier alpha value is -7.88. The highest BCUT2D eigenvalue weighted by atomic mass is 16.3. The van der Waals surface area contributed by atoms with E-state index in [2.05, 4.69) is 228 Å². The third kappa shape index (κ3) is 5.36. The Bertz CT molecular complexity index is 3530. The summed E-state index contributed by atoms with van der Waals surface area (Å²) in [6.45, 7) is 0. The van der Waals surface area contributed by atoms with Gasteiger partial charge in [0.25, 0.3) is 0 Å². The molecule has 0 bridgehead atoms. The minimum Gasteiger partial charge on any atom is -0.454 e. The molecule has 12 rings (SSSR count). The van der Waals surface area contributed by atoms with Crippen LogP contribution in [0.15, 0.2) is 223 Å². The predicted octanol–water partition coefficient (Wildman–Crippen LogP) is 15.8. The number of benzene rings is 10. The fourth-order valence-electron chi connectivity index (χ4n) is 9.20. The third-order valence-electron chi connectivity index (χ3n) is 11.9. The summed E-state index contributed by atoms with van der Waals surface area (Å²) in [6, 6.07) is 78.6. The van der Waals surface area contributed by atoms with Crippen molar-refractivity contribution in [1.82, 2.24) is 4.57 Å². The van der Waals surface area contributed by atoms with Crippen LogP contribution in [0.1, 0.15) is 0 Å². The van der Waals surface area contributed by atoms with Crippen molar-refractivity contribution in [2.24, 2.45) is 0 Å². The van der Waals surface area contributed by atoms with Crippen molar-refractivity contribution in [3.05, 3.63) is 218 Å². The number of rotatable bonds is 6. The highest BCUT2D eigenvalue weighted by Crippen LogP contribution is 2.48. The van der Waals surface area contributed by atoms with Crippen LogP contribution in [0.5, 0.6) is 0 Å². The lowest BCUT2D eigenvalue weighted by molar-refractivity contribution is 0.669. The lowest BCUT2D eigenvalue weighted by atomic mass is 10.0. The number of anilines is 3. The maximum Gasteiger partial charge on any atom is 0.159 e. The van der Waals surface area contributed by atoms with Crippen LogP contribution < -0.4 is 4.90 Å². The zero-order valence-electron chi connectivity index (χ0n) is 32.1. The Labute approximate surface area is 341 Å². The first-order valence-electron chi connectivity index (χ1n) is 20.2. The molecule has 3 nitrogen and oxygen atoms in total. The fraction of sp³-hybridized carbons (Fsp3) is 0. The van der Waals surface area contributed by atoms with Crippen LogP contribution in [0.2, 0.25) is 0 Å². The molecule has 10 aromatic carbocycles. The van der Waals surface area contributed by atoms with Gasteiger partial charge in [0.05, 0.1) is 22.4 Å². The van der Waals surface area contributed by atoms with Gasteiger partial charge in [0.2, 0.25) is 0 Å². The summed E-state index contributed by atoms with van der Waals surface area (Å²) in [6.07, 6.45) is 0. The van der Waals surface area contributed by atoms with Crippen LogP contribution in [0.25, 0.3) is 93.2 Å². The first-order valence-corrected chi connectivity index (χ1v) is 20.2. The second-order valence-electron chi connectivity index (χ2n) is 15.3. The van der Waals surface area contributed by atoms with Crippen molar-refractivity contribution in [2.75, 3.05) is 4.90 Å². The van der Waals surface area contributed by atoms with Crippen molar-refractivity contribution < 1.29 is 4.42 Å². The van der Waals surface area contributed by atoms with Gasteiger partial charge in [-0.25, -0.2) is 0 Å². The highest BCUT2D eigenvalue weighted by molar-refractivity contribution is 6.23. The molecule has 0 saturated carbocycles. The Balaban J connectivity index is 1.08. The molecule has 2 heterocycles. The van der Waals surface area contributed by atoms with E-state index in [-0.39, 0.29) is 0 Å². The van der Waals surface area contributed by atoms with Gasteiger partial charge in [0.1, 0.15) is 5.58 Å². The number of fused-ring (bicyclic) bond motifs is 9. The van der Waals surface area contributed by atoms with Gasteiger partial charge in [0, 0.05) is 32.9 Å². The molecule has 0 radical (unpaired) electrons. The SMILES string of the molecule is c1ccc(-c2ccc(-c3ccc(-n4c5cc6ccccc6cc5c5c(N(c6ccccc6)c6cccc7c6oc6ccc8ccccc8c67)cccc54)cc3)cc2)cc1. The van der Waals surface area contributed by atoms with Crippen LogP contribution >= 0.6 is 0 Å². The Morgan fingerprint density at radius 2 is 0.932 bits per heavy atom. The topological polar surface area (TPSA) is 21.3 Å². The normalized spacial score (nSPS) is 11.7. The monoisotopic (exact) mass is 752 g/mol. The number of hydrogen-bond donors (Lipinski definition) is 0. The van der Waals surface area contributed by atoms with Crippen LogP contribution in [-0.4, -0.2) is 4.57 Å². The van der Waals surface area contributed by atoms with Crippen LogP contribution in [0.3, 0.4) is 0 Å². The largest absolute Gasteiger partial charge is 0.454 e. The molecule has 0 saturated heterocycles. The quantitative estimate of drug-likeness (QED) is 0.169. The van der Waals surface area contributed by atoms with E-state index in [4.69, 9.17) is 4.42 Å². The van der Waals surface area contributed by atoms with Gasteiger partial charge in [-0.1, -0.05) is 158 Å². The van der Waals surface area contributed by atoms with Crippen molar-refractivity contribution in [1.29, 1.82) is 0 Å². The zero-order valence-corrected chi connectivity index (χ0v) is 32.1. The summed E-state index contributed by atoms with van der Waals surface area (Å²) in [4.78, 5) is 2.39. The molecule has 0 aliphatic carbocycles. The van der Waals surface area contributed by atoms with E-state index in [1.165, 1.54) is 54.6 Å². The standard InChI is InChI=1S/C56H36N2O/c1-3-13-37(14-4-1)38-25-27-39(28-26-38)40-29-32-45(33-30-40)58-50-23-12-22-49(55(50)48-35-42-16-7-8-17-43(42)36-52(48)58)57(44-18-5-2-6-19-44)51-24-11-21-47-54-46-20-10-9-15-41(46)31-34-53(54)59-56(47)51/h1-36H. The van der Waals surface area contributed by atoms with Gasteiger partial charge < -0.3 is 13.9 Å². The lowest BCUT2D eigenvalue weighted by Gasteiger charge is -2.26. The van der Waals surface area contributed by atoms with E-state index in [0.717, 1.165) is 55.7 Å². The molecule has 276 valence electrons. The maximum atomic E-state index is 6.88. The van der Waals surface area contributed by atoms with E-state index >= 15 is 0 Å². The molecule has 0 atom stereocenters. The average Bonchev–Trinajstić information content (AvgIpc) is 3.86. The maximum absolute atomic E-state index is 6.88. The van der Waals surface area contributed by atoms with Gasteiger partial charge in [-0.05, 0) is 104 Å². The van der Waals surface area contributed by atoms with Crippen molar-refractivity contribution in [3.8, 4) is 27.9 Å². The average molecular weight is 753 g/mol. The summed E-state index contributed by atoms with van der Waals surface area (Å²) >= 11 is 0. The molecular weight excluding hydrogens is 717 g/mol.